The van der Waals surface area contributed by atoms with Crippen LogP contribution in [0.4, 0.5) is 17.6 Å². The molecule has 0 aromatic carbocycles. The van der Waals surface area contributed by atoms with Crippen molar-refractivity contribution in [3.8, 4) is 34.7 Å². The van der Waals surface area contributed by atoms with Gasteiger partial charge in [-0.25, -0.2) is 29.3 Å². The standard InChI is InChI=1S/C25H20ClF4N7O2/c1-38-24-17(18(13-2-3-13)33-11-34-24)22-31-7-6-16(35-22)39-10-12-8-15(27)19(32-9-12)23-36-20(25(28,29)30)21(26)37(23)14-4-5-14/h6-9,11,13-14H,2-5,10H2,1H3. The zero-order valence-electron chi connectivity index (χ0n) is 20.4. The van der Waals surface area contributed by atoms with E-state index in [4.69, 9.17) is 21.1 Å². The van der Waals surface area contributed by atoms with Crippen LogP contribution in [0.5, 0.6) is 11.8 Å². The number of aromatic nitrogens is 7. The van der Waals surface area contributed by atoms with Crippen molar-refractivity contribution >= 4 is 11.6 Å². The first kappa shape index (κ1) is 25.4. The molecular formula is C25H20ClF4N7O2. The van der Waals surface area contributed by atoms with Gasteiger partial charge in [0.05, 0.1) is 12.8 Å². The summed E-state index contributed by atoms with van der Waals surface area (Å²) < 4.78 is 67.7. The summed E-state index contributed by atoms with van der Waals surface area (Å²) in [7, 11) is 1.50. The van der Waals surface area contributed by atoms with Crippen molar-refractivity contribution in [1.29, 1.82) is 0 Å². The molecule has 0 amide bonds. The van der Waals surface area contributed by atoms with Crippen LogP contribution in [-0.4, -0.2) is 41.6 Å². The molecule has 0 atom stereocenters. The molecule has 0 saturated heterocycles. The zero-order chi connectivity index (χ0) is 27.3. The Morgan fingerprint density at radius 3 is 2.54 bits per heavy atom. The maximum absolute atomic E-state index is 15.1. The van der Waals surface area contributed by atoms with Gasteiger partial charge in [-0.3, -0.25) is 0 Å². The van der Waals surface area contributed by atoms with E-state index in [1.54, 1.807) is 6.07 Å². The number of imidazole rings is 1. The number of hydrogen-bond acceptors (Lipinski definition) is 8. The lowest BCUT2D eigenvalue weighted by atomic mass is 10.1. The van der Waals surface area contributed by atoms with Gasteiger partial charge in [0.25, 0.3) is 0 Å². The minimum absolute atomic E-state index is 0.107. The topological polar surface area (TPSA) is 101 Å². The smallest absolute Gasteiger partial charge is 0.436 e. The van der Waals surface area contributed by atoms with Crippen molar-refractivity contribution in [2.75, 3.05) is 7.11 Å². The maximum atomic E-state index is 15.1. The van der Waals surface area contributed by atoms with Crippen LogP contribution in [0.25, 0.3) is 22.9 Å². The molecule has 2 aliphatic rings. The van der Waals surface area contributed by atoms with Crippen molar-refractivity contribution in [1.82, 2.24) is 34.5 Å². The van der Waals surface area contributed by atoms with Crippen LogP contribution in [0.15, 0.2) is 30.9 Å². The quantitative estimate of drug-likeness (QED) is 0.249. The van der Waals surface area contributed by atoms with E-state index in [-0.39, 0.29) is 36.0 Å². The summed E-state index contributed by atoms with van der Waals surface area (Å²) in [6.45, 7) is -0.107. The lowest BCUT2D eigenvalue weighted by Crippen LogP contribution is -2.06. The van der Waals surface area contributed by atoms with Crippen LogP contribution >= 0.6 is 11.6 Å². The second kappa shape index (κ2) is 9.70. The molecule has 0 unspecified atom stereocenters. The van der Waals surface area contributed by atoms with Gasteiger partial charge in [-0.1, -0.05) is 11.6 Å². The Labute approximate surface area is 224 Å². The van der Waals surface area contributed by atoms with E-state index >= 15 is 4.39 Å². The van der Waals surface area contributed by atoms with E-state index in [1.807, 2.05) is 0 Å². The summed E-state index contributed by atoms with van der Waals surface area (Å²) >= 11 is 5.99. The van der Waals surface area contributed by atoms with Crippen molar-refractivity contribution in [2.45, 2.75) is 50.4 Å². The van der Waals surface area contributed by atoms with Gasteiger partial charge in [0.2, 0.25) is 11.8 Å². The van der Waals surface area contributed by atoms with Gasteiger partial charge in [-0.05, 0) is 31.7 Å². The van der Waals surface area contributed by atoms with Gasteiger partial charge in [0.15, 0.2) is 23.2 Å². The Morgan fingerprint density at radius 1 is 1.08 bits per heavy atom. The SMILES string of the molecule is COc1ncnc(C2CC2)c1-c1nccc(OCc2cnc(-c3nc(C(F)(F)F)c(Cl)n3C3CC3)c(F)c2)n1. The van der Waals surface area contributed by atoms with Crippen molar-refractivity contribution in [3.63, 3.8) is 0 Å². The fourth-order valence-electron chi connectivity index (χ4n) is 4.26. The van der Waals surface area contributed by atoms with E-state index in [0.29, 0.717) is 35.7 Å². The number of pyridine rings is 1. The number of nitrogens with zero attached hydrogens (tertiary/aromatic N) is 7. The first-order chi connectivity index (χ1) is 18.7. The Morgan fingerprint density at radius 2 is 1.87 bits per heavy atom. The van der Waals surface area contributed by atoms with Gasteiger partial charge < -0.3 is 14.0 Å². The summed E-state index contributed by atoms with van der Waals surface area (Å²) in [5, 5.41) is -0.571. The summed E-state index contributed by atoms with van der Waals surface area (Å²) in [6, 6.07) is 2.40. The molecule has 202 valence electrons. The summed E-state index contributed by atoms with van der Waals surface area (Å²) in [4.78, 5) is 25.0. The molecule has 4 aromatic heterocycles. The number of hydrogen-bond donors (Lipinski definition) is 0. The monoisotopic (exact) mass is 561 g/mol. The lowest BCUT2D eigenvalue weighted by Gasteiger charge is -2.12. The number of alkyl halides is 3. The molecule has 0 bridgehead atoms. The lowest BCUT2D eigenvalue weighted by molar-refractivity contribution is -0.140. The van der Waals surface area contributed by atoms with E-state index in [9.17, 15) is 13.2 Å². The molecule has 39 heavy (non-hydrogen) atoms. The second-order valence-electron chi connectivity index (χ2n) is 9.27. The molecule has 2 saturated carbocycles. The van der Waals surface area contributed by atoms with Gasteiger partial charge in [-0.2, -0.15) is 18.2 Å². The summed E-state index contributed by atoms with van der Waals surface area (Å²) in [6.07, 6.45) is 2.74. The highest BCUT2D eigenvalue weighted by Gasteiger charge is 2.42. The largest absolute Gasteiger partial charge is 0.480 e. The third-order valence-corrected chi connectivity index (χ3v) is 6.74. The molecule has 4 heterocycles. The highest BCUT2D eigenvalue weighted by Crippen LogP contribution is 2.46. The first-order valence-electron chi connectivity index (χ1n) is 12.1. The van der Waals surface area contributed by atoms with E-state index < -0.39 is 22.8 Å². The predicted molar refractivity (Wildman–Crippen MR) is 130 cm³/mol. The van der Waals surface area contributed by atoms with Crippen LogP contribution in [0, 0.1) is 5.82 Å². The molecule has 0 spiro atoms. The Hall–Kier alpha value is -3.87. The summed E-state index contributed by atoms with van der Waals surface area (Å²) in [5.74, 6) is 0.0704. The molecule has 0 aliphatic heterocycles. The Balaban J connectivity index is 1.24. The van der Waals surface area contributed by atoms with Crippen molar-refractivity contribution in [3.05, 3.63) is 58.8 Å². The molecule has 14 heteroatoms. The second-order valence-corrected chi connectivity index (χ2v) is 9.63. The number of methoxy groups -OCH3 is 1. The molecule has 0 radical (unpaired) electrons. The average Bonchev–Trinajstić information content (AvgIpc) is 3.85. The summed E-state index contributed by atoms with van der Waals surface area (Å²) in [5.41, 5.74) is 0.148. The fourth-order valence-corrected chi connectivity index (χ4v) is 4.63. The van der Waals surface area contributed by atoms with Gasteiger partial charge in [0, 0.05) is 36.0 Å². The van der Waals surface area contributed by atoms with E-state index in [1.165, 1.54) is 30.4 Å². The molecule has 2 fully saturated rings. The van der Waals surface area contributed by atoms with Crippen LogP contribution in [0.2, 0.25) is 5.15 Å². The maximum Gasteiger partial charge on any atom is 0.436 e. The third kappa shape index (κ3) is 4.98. The number of halogens is 5. The van der Waals surface area contributed by atoms with Crippen LogP contribution < -0.4 is 9.47 Å². The van der Waals surface area contributed by atoms with Gasteiger partial charge >= 0.3 is 6.18 Å². The first-order valence-corrected chi connectivity index (χ1v) is 12.5. The zero-order valence-corrected chi connectivity index (χ0v) is 21.2. The van der Waals surface area contributed by atoms with Crippen molar-refractivity contribution < 1.29 is 27.0 Å². The van der Waals surface area contributed by atoms with Crippen LogP contribution in [0.1, 0.15) is 54.6 Å². The molecule has 0 N–H and O–H groups in total. The normalized spacial score (nSPS) is 15.4. The van der Waals surface area contributed by atoms with E-state index in [2.05, 4.69) is 29.9 Å². The highest BCUT2D eigenvalue weighted by molar-refractivity contribution is 6.30. The minimum Gasteiger partial charge on any atom is -0.480 e. The minimum atomic E-state index is -4.78. The Kier molecular flexibility index (Phi) is 6.32. The molecule has 9 nitrogen and oxygen atoms in total. The molecular weight excluding hydrogens is 542 g/mol. The van der Waals surface area contributed by atoms with Crippen molar-refractivity contribution in [2.24, 2.45) is 0 Å². The third-order valence-electron chi connectivity index (χ3n) is 6.38. The number of ether oxygens (including phenoxy) is 2. The van der Waals surface area contributed by atoms with Gasteiger partial charge in [-0.15, -0.1) is 0 Å². The Bertz CT molecular complexity index is 1550. The number of rotatable bonds is 8. The molecule has 4 aromatic rings. The molecule has 2 aliphatic carbocycles. The average molecular weight is 562 g/mol. The van der Waals surface area contributed by atoms with Gasteiger partial charge in [0.1, 0.15) is 29.3 Å². The molecule has 6 rings (SSSR count). The highest BCUT2D eigenvalue weighted by atomic mass is 35.5. The van der Waals surface area contributed by atoms with E-state index in [0.717, 1.165) is 24.6 Å². The fraction of sp³-hybridized carbons (Fsp3) is 0.360. The van der Waals surface area contributed by atoms with Crippen LogP contribution in [0.3, 0.4) is 0 Å². The van der Waals surface area contributed by atoms with Crippen LogP contribution in [-0.2, 0) is 12.8 Å². The predicted octanol–water partition coefficient (Wildman–Crippen LogP) is 5.80.